The van der Waals surface area contributed by atoms with Gasteiger partial charge >= 0.3 is 0 Å². The first-order valence-corrected chi connectivity index (χ1v) is 8.27. The summed E-state index contributed by atoms with van der Waals surface area (Å²) in [4.78, 5) is 24.6. The highest BCUT2D eigenvalue weighted by Gasteiger charge is 2.21. The molecule has 7 heteroatoms. The van der Waals surface area contributed by atoms with Crippen molar-refractivity contribution in [3.63, 3.8) is 0 Å². The van der Waals surface area contributed by atoms with Crippen LogP contribution >= 0.6 is 0 Å². The molecule has 1 amide bonds. The average molecular weight is 310 g/mol. The van der Waals surface area contributed by atoms with Crippen LogP contribution in [0.15, 0.2) is 29.2 Å². The number of rotatable bonds is 6. The zero-order chi connectivity index (χ0) is 15.5. The van der Waals surface area contributed by atoms with Crippen molar-refractivity contribution in [1.29, 1.82) is 0 Å². The zero-order valence-corrected chi connectivity index (χ0v) is 12.6. The number of Topliss-reactive ketones (excluding diaryl/α,β-unsaturated/α-hetero) is 1. The van der Waals surface area contributed by atoms with Crippen LogP contribution in [-0.4, -0.2) is 44.6 Å². The molecule has 0 radical (unpaired) electrons. The Balaban J connectivity index is 1.96. The van der Waals surface area contributed by atoms with E-state index in [1.165, 1.54) is 25.1 Å². The molecule has 114 valence electrons. The van der Waals surface area contributed by atoms with Gasteiger partial charge in [0.05, 0.1) is 4.90 Å². The minimum atomic E-state index is -3.70. The van der Waals surface area contributed by atoms with Crippen LogP contribution in [0, 0.1) is 0 Å². The van der Waals surface area contributed by atoms with Crippen molar-refractivity contribution in [3.05, 3.63) is 29.8 Å². The van der Waals surface area contributed by atoms with Gasteiger partial charge in [-0.2, -0.15) is 0 Å². The summed E-state index contributed by atoms with van der Waals surface area (Å²) in [6.07, 6.45) is 1.15. The molecule has 1 heterocycles. The molecule has 1 fully saturated rings. The van der Waals surface area contributed by atoms with Crippen LogP contribution in [0.25, 0.3) is 0 Å². The lowest BCUT2D eigenvalue weighted by atomic mass is 10.2. The van der Waals surface area contributed by atoms with Gasteiger partial charge in [-0.3, -0.25) is 9.59 Å². The highest BCUT2D eigenvalue weighted by Crippen LogP contribution is 2.12. The van der Waals surface area contributed by atoms with E-state index in [0.717, 1.165) is 19.5 Å². The standard InChI is InChI=1S/C14H18N2O4S/c1-11(17)12-4-2-5-13(10-12)21(19,20)15-7-6-14(18)16-8-3-9-16/h2,4-5,10,15H,3,6-9H2,1H3. The van der Waals surface area contributed by atoms with Crippen molar-refractivity contribution in [2.75, 3.05) is 19.6 Å². The summed E-state index contributed by atoms with van der Waals surface area (Å²) in [6, 6.07) is 5.85. The maximum absolute atomic E-state index is 12.1. The molecule has 1 aliphatic heterocycles. The minimum absolute atomic E-state index is 0.0339. The normalized spacial score (nSPS) is 14.6. The number of nitrogens with one attached hydrogen (secondary N) is 1. The highest BCUT2D eigenvalue weighted by atomic mass is 32.2. The van der Waals surface area contributed by atoms with E-state index in [0.29, 0.717) is 5.56 Å². The minimum Gasteiger partial charge on any atom is -0.343 e. The number of nitrogens with zero attached hydrogens (tertiary/aromatic N) is 1. The molecule has 0 atom stereocenters. The molecular weight excluding hydrogens is 292 g/mol. The molecule has 0 bridgehead atoms. The Morgan fingerprint density at radius 1 is 1.29 bits per heavy atom. The Morgan fingerprint density at radius 2 is 2.00 bits per heavy atom. The number of carbonyl (C=O) groups excluding carboxylic acids is 2. The Hall–Kier alpha value is -1.73. The van der Waals surface area contributed by atoms with E-state index in [1.807, 2.05) is 0 Å². The summed E-state index contributed by atoms with van der Waals surface area (Å²) >= 11 is 0. The zero-order valence-electron chi connectivity index (χ0n) is 11.8. The summed E-state index contributed by atoms with van der Waals surface area (Å²) in [5.74, 6) is -0.235. The summed E-state index contributed by atoms with van der Waals surface area (Å²) in [5, 5.41) is 0. The van der Waals surface area contributed by atoms with Crippen molar-refractivity contribution in [2.45, 2.75) is 24.7 Å². The number of likely N-dealkylation sites (tertiary alicyclic amines) is 1. The summed E-state index contributed by atoms with van der Waals surface area (Å²) in [6.45, 7) is 2.95. The lowest BCUT2D eigenvalue weighted by Gasteiger charge is -2.30. The van der Waals surface area contributed by atoms with E-state index in [9.17, 15) is 18.0 Å². The molecule has 1 saturated heterocycles. The van der Waals surface area contributed by atoms with Crippen LogP contribution in [-0.2, 0) is 14.8 Å². The SMILES string of the molecule is CC(=O)c1cccc(S(=O)(=O)NCCC(=O)N2CCC2)c1. The van der Waals surface area contributed by atoms with Crippen LogP contribution in [0.2, 0.25) is 0 Å². The first-order valence-electron chi connectivity index (χ1n) is 6.78. The van der Waals surface area contributed by atoms with Crippen LogP contribution in [0.3, 0.4) is 0 Å². The number of ketones is 1. The first kappa shape index (κ1) is 15.7. The molecule has 0 aromatic heterocycles. The van der Waals surface area contributed by atoms with E-state index in [-0.39, 0.29) is 29.6 Å². The van der Waals surface area contributed by atoms with Crippen molar-refractivity contribution in [2.24, 2.45) is 0 Å². The van der Waals surface area contributed by atoms with Gasteiger partial charge < -0.3 is 4.90 Å². The van der Waals surface area contributed by atoms with E-state index < -0.39 is 10.0 Å². The third-order valence-electron chi connectivity index (χ3n) is 3.39. The van der Waals surface area contributed by atoms with Crippen molar-refractivity contribution >= 4 is 21.7 Å². The number of hydrogen-bond donors (Lipinski definition) is 1. The summed E-state index contributed by atoms with van der Waals surface area (Å²) in [7, 11) is -3.70. The molecule has 1 aromatic carbocycles. The Labute approximate surface area is 124 Å². The molecular formula is C14H18N2O4S. The number of carbonyl (C=O) groups is 2. The second kappa shape index (κ2) is 6.36. The van der Waals surface area contributed by atoms with Crippen LogP contribution in [0.1, 0.15) is 30.1 Å². The molecule has 0 spiro atoms. The van der Waals surface area contributed by atoms with Crippen LogP contribution in [0.5, 0.6) is 0 Å². The molecule has 0 aliphatic carbocycles. The average Bonchev–Trinajstić information content (AvgIpc) is 2.36. The molecule has 1 aliphatic rings. The van der Waals surface area contributed by atoms with Gasteiger partial charge in [-0.1, -0.05) is 12.1 Å². The Bertz CT molecular complexity index is 651. The van der Waals surface area contributed by atoms with Crippen LogP contribution < -0.4 is 4.72 Å². The van der Waals surface area contributed by atoms with Crippen LogP contribution in [0.4, 0.5) is 0 Å². The number of benzene rings is 1. The first-order chi connectivity index (χ1) is 9.90. The van der Waals surface area contributed by atoms with E-state index >= 15 is 0 Å². The molecule has 1 N–H and O–H groups in total. The van der Waals surface area contributed by atoms with E-state index in [2.05, 4.69) is 4.72 Å². The van der Waals surface area contributed by atoms with Gasteiger partial charge in [0.25, 0.3) is 0 Å². The lowest BCUT2D eigenvalue weighted by molar-refractivity contribution is -0.134. The smallest absolute Gasteiger partial charge is 0.240 e. The molecule has 1 aromatic rings. The second-order valence-electron chi connectivity index (χ2n) is 4.97. The molecule has 2 rings (SSSR count). The maximum Gasteiger partial charge on any atom is 0.240 e. The van der Waals surface area contributed by atoms with Gasteiger partial charge in [0, 0.05) is 31.6 Å². The predicted molar refractivity (Wildman–Crippen MR) is 77.4 cm³/mol. The van der Waals surface area contributed by atoms with Gasteiger partial charge in [0.2, 0.25) is 15.9 Å². The number of sulfonamides is 1. The molecule has 0 saturated carbocycles. The van der Waals surface area contributed by atoms with Gasteiger partial charge in [-0.05, 0) is 25.5 Å². The highest BCUT2D eigenvalue weighted by molar-refractivity contribution is 7.89. The Kier molecular flexibility index (Phi) is 4.74. The fourth-order valence-electron chi connectivity index (χ4n) is 1.98. The fraction of sp³-hybridized carbons (Fsp3) is 0.429. The monoisotopic (exact) mass is 310 g/mol. The largest absolute Gasteiger partial charge is 0.343 e. The number of amides is 1. The summed E-state index contributed by atoms with van der Waals surface area (Å²) in [5.41, 5.74) is 0.342. The molecule has 21 heavy (non-hydrogen) atoms. The maximum atomic E-state index is 12.1. The quantitative estimate of drug-likeness (QED) is 0.787. The molecule has 6 nitrogen and oxygen atoms in total. The summed E-state index contributed by atoms with van der Waals surface area (Å²) < 4.78 is 26.6. The topological polar surface area (TPSA) is 83.5 Å². The molecule has 0 unspecified atom stereocenters. The lowest BCUT2D eigenvalue weighted by Crippen LogP contribution is -2.43. The van der Waals surface area contributed by atoms with Gasteiger partial charge in [0.1, 0.15) is 0 Å². The van der Waals surface area contributed by atoms with E-state index in [4.69, 9.17) is 0 Å². The third kappa shape index (κ3) is 3.89. The van der Waals surface area contributed by atoms with Gasteiger partial charge in [0.15, 0.2) is 5.78 Å². The predicted octanol–water partition coefficient (Wildman–Crippen LogP) is 0.790. The van der Waals surface area contributed by atoms with Gasteiger partial charge in [-0.15, -0.1) is 0 Å². The van der Waals surface area contributed by atoms with E-state index in [1.54, 1.807) is 11.0 Å². The number of hydrogen-bond acceptors (Lipinski definition) is 4. The Morgan fingerprint density at radius 3 is 2.57 bits per heavy atom. The van der Waals surface area contributed by atoms with Crippen molar-refractivity contribution in [1.82, 2.24) is 9.62 Å². The van der Waals surface area contributed by atoms with Crippen molar-refractivity contribution < 1.29 is 18.0 Å². The fourth-order valence-corrected chi connectivity index (χ4v) is 3.06. The third-order valence-corrected chi connectivity index (χ3v) is 4.85. The second-order valence-corrected chi connectivity index (χ2v) is 6.73. The van der Waals surface area contributed by atoms with Crippen molar-refractivity contribution in [3.8, 4) is 0 Å². The van der Waals surface area contributed by atoms with Gasteiger partial charge in [-0.25, -0.2) is 13.1 Å².